The number of aliphatic hydroxyl groups is 1. The van der Waals surface area contributed by atoms with E-state index in [2.05, 4.69) is 10.1 Å². The van der Waals surface area contributed by atoms with E-state index in [-0.39, 0.29) is 5.82 Å². The van der Waals surface area contributed by atoms with E-state index < -0.39 is 6.10 Å². The van der Waals surface area contributed by atoms with Gasteiger partial charge in [-0.05, 0) is 32.4 Å². The number of halogens is 1. The molecule has 1 aliphatic rings. The summed E-state index contributed by atoms with van der Waals surface area (Å²) in [6, 6.07) is 6.82. The van der Waals surface area contributed by atoms with Crippen molar-refractivity contribution in [3.8, 4) is 0 Å². The van der Waals surface area contributed by atoms with Crippen LogP contribution in [0.3, 0.4) is 0 Å². The van der Waals surface area contributed by atoms with Gasteiger partial charge in [-0.1, -0.05) is 25.1 Å². The molecule has 5 nitrogen and oxygen atoms in total. The van der Waals surface area contributed by atoms with E-state index in [4.69, 9.17) is 0 Å². The van der Waals surface area contributed by atoms with Crippen LogP contribution in [0.1, 0.15) is 49.3 Å². The highest BCUT2D eigenvalue weighted by molar-refractivity contribution is 5.17. The summed E-state index contributed by atoms with van der Waals surface area (Å²) in [7, 11) is 1.94. The Morgan fingerprint density at radius 1 is 1.33 bits per heavy atom. The van der Waals surface area contributed by atoms with Crippen LogP contribution in [0.25, 0.3) is 0 Å². The van der Waals surface area contributed by atoms with Crippen LogP contribution < -0.4 is 0 Å². The highest BCUT2D eigenvalue weighted by Gasteiger charge is 2.29. The van der Waals surface area contributed by atoms with Gasteiger partial charge in [0.05, 0.1) is 19.2 Å². The molecule has 1 unspecified atom stereocenters. The van der Waals surface area contributed by atoms with Crippen LogP contribution in [0.4, 0.5) is 4.39 Å². The highest BCUT2D eigenvalue weighted by atomic mass is 19.1. The van der Waals surface area contributed by atoms with Crippen molar-refractivity contribution >= 4 is 0 Å². The molecule has 0 bridgehead atoms. The minimum absolute atomic E-state index is 0.189. The topological polar surface area (TPSA) is 54.2 Å². The molecule has 24 heavy (non-hydrogen) atoms. The Hall–Kier alpha value is -1.79. The highest BCUT2D eigenvalue weighted by Crippen LogP contribution is 2.38. The van der Waals surface area contributed by atoms with Crippen LogP contribution in [0, 0.1) is 5.82 Å². The molecule has 2 aromatic rings. The van der Waals surface area contributed by atoms with Crippen molar-refractivity contribution in [3.05, 3.63) is 47.3 Å². The molecule has 3 rings (SSSR count). The number of benzene rings is 1. The number of hydrogen-bond acceptors (Lipinski definition) is 4. The van der Waals surface area contributed by atoms with Gasteiger partial charge in [0.1, 0.15) is 11.6 Å². The normalized spacial score (nSPS) is 15.9. The van der Waals surface area contributed by atoms with Crippen molar-refractivity contribution in [1.29, 1.82) is 0 Å². The monoisotopic (exact) mass is 332 g/mol. The maximum atomic E-state index is 13.8. The zero-order chi connectivity index (χ0) is 17.1. The number of nitrogens with zero attached hydrogens (tertiary/aromatic N) is 4. The minimum atomic E-state index is -0.422. The van der Waals surface area contributed by atoms with E-state index in [1.807, 2.05) is 29.6 Å². The first kappa shape index (κ1) is 17.0. The lowest BCUT2D eigenvalue weighted by molar-refractivity contribution is 0.142. The first-order chi connectivity index (χ1) is 11.6. The average molecular weight is 332 g/mol. The maximum absolute atomic E-state index is 13.8. The van der Waals surface area contributed by atoms with Crippen molar-refractivity contribution in [1.82, 2.24) is 19.7 Å². The van der Waals surface area contributed by atoms with Gasteiger partial charge in [-0.2, -0.15) is 5.10 Å². The molecule has 1 atom stereocenters. The fourth-order valence-corrected chi connectivity index (χ4v) is 2.71. The average Bonchev–Trinajstić information content (AvgIpc) is 3.34. The molecule has 130 valence electrons. The largest absolute Gasteiger partial charge is 0.391 e. The van der Waals surface area contributed by atoms with Gasteiger partial charge >= 0.3 is 0 Å². The van der Waals surface area contributed by atoms with Crippen molar-refractivity contribution in [2.75, 3.05) is 7.05 Å². The summed E-state index contributed by atoms with van der Waals surface area (Å²) >= 11 is 0. The van der Waals surface area contributed by atoms with Crippen molar-refractivity contribution in [2.24, 2.45) is 0 Å². The molecule has 1 aliphatic carbocycles. The lowest BCUT2D eigenvalue weighted by Gasteiger charge is -2.17. The maximum Gasteiger partial charge on any atom is 0.154 e. The molecule has 1 fully saturated rings. The zero-order valence-corrected chi connectivity index (χ0v) is 14.3. The summed E-state index contributed by atoms with van der Waals surface area (Å²) in [5.74, 6) is 2.00. The second-order valence-electron chi connectivity index (χ2n) is 6.67. The lowest BCUT2D eigenvalue weighted by Crippen LogP contribution is -2.23. The van der Waals surface area contributed by atoms with Crippen LogP contribution in [0.15, 0.2) is 24.3 Å². The van der Waals surface area contributed by atoms with E-state index in [0.29, 0.717) is 37.5 Å². The fourth-order valence-electron chi connectivity index (χ4n) is 2.71. The van der Waals surface area contributed by atoms with Gasteiger partial charge in [0.15, 0.2) is 5.82 Å². The minimum Gasteiger partial charge on any atom is -0.391 e. The molecule has 0 saturated heterocycles. The van der Waals surface area contributed by atoms with Crippen LogP contribution in [0.5, 0.6) is 0 Å². The molecule has 0 spiro atoms. The fraction of sp³-hybridized carbons (Fsp3) is 0.556. The van der Waals surface area contributed by atoms with E-state index in [1.54, 1.807) is 12.1 Å². The van der Waals surface area contributed by atoms with Crippen molar-refractivity contribution in [2.45, 2.75) is 57.8 Å². The molecule has 0 amide bonds. The van der Waals surface area contributed by atoms with Crippen LogP contribution >= 0.6 is 0 Å². The van der Waals surface area contributed by atoms with E-state index >= 15 is 0 Å². The molecule has 1 heterocycles. The van der Waals surface area contributed by atoms with E-state index in [0.717, 1.165) is 24.5 Å². The summed E-state index contributed by atoms with van der Waals surface area (Å²) in [6.07, 6.45) is 2.55. The van der Waals surface area contributed by atoms with Gasteiger partial charge in [0.2, 0.25) is 0 Å². The van der Waals surface area contributed by atoms with Gasteiger partial charge in [0.25, 0.3) is 0 Å². The van der Waals surface area contributed by atoms with Gasteiger partial charge in [-0.15, -0.1) is 0 Å². The van der Waals surface area contributed by atoms with Gasteiger partial charge < -0.3 is 5.11 Å². The molecule has 1 saturated carbocycles. The summed E-state index contributed by atoms with van der Waals surface area (Å²) in [5.41, 5.74) is 0.669. The smallest absolute Gasteiger partial charge is 0.154 e. The molecule has 0 radical (unpaired) electrons. The zero-order valence-electron chi connectivity index (χ0n) is 14.3. The quantitative estimate of drug-likeness (QED) is 0.807. The van der Waals surface area contributed by atoms with Crippen molar-refractivity contribution in [3.63, 3.8) is 0 Å². The van der Waals surface area contributed by atoms with Crippen LogP contribution in [-0.2, 0) is 19.6 Å². The van der Waals surface area contributed by atoms with Gasteiger partial charge in [-0.3, -0.25) is 4.90 Å². The Labute approximate surface area is 142 Å². The Bertz CT molecular complexity index is 683. The third-order valence-electron chi connectivity index (χ3n) is 4.37. The first-order valence-corrected chi connectivity index (χ1v) is 8.60. The Balaban J connectivity index is 1.71. The first-order valence-electron chi connectivity index (χ1n) is 8.60. The molecule has 0 aliphatic heterocycles. The molecular formula is C18H25FN4O. The Kier molecular flexibility index (Phi) is 5.26. The summed E-state index contributed by atoms with van der Waals surface area (Å²) < 4.78 is 15.6. The standard InChI is InChI=1S/C18H25FN4O/c1-3-15(24)11-23-17(20-18(21-23)13-8-9-13)12-22(2)10-14-6-4-5-7-16(14)19/h4-7,13,15,24H,3,8-12H2,1-2H3. The number of aromatic nitrogens is 3. The van der Waals surface area contributed by atoms with E-state index in [9.17, 15) is 9.50 Å². The van der Waals surface area contributed by atoms with Gasteiger partial charge in [0, 0.05) is 18.0 Å². The second-order valence-corrected chi connectivity index (χ2v) is 6.67. The molecule has 1 N–H and O–H groups in total. The SMILES string of the molecule is CCC(O)Cn1nc(C2CC2)nc1CN(C)Cc1ccccc1F. The van der Waals surface area contributed by atoms with E-state index in [1.165, 1.54) is 6.07 Å². The van der Waals surface area contributed by atoms with Crippen LogP contribution in [0.2, 0.25) is 0 Å². The molecule has 1 aromatic heterocycles. The summed E-state index contributed by atoms with van der Waals surface area (Å²) in [5, 5.41) is 14.5. The van der Waals surface area contributed by atoms with Crippen LogP contribution in [-0.4, -0.2) is 37.9 Å². The van der Waals surface area contributed by atoms with Gasteiger partial charge in [-0.25, -0.2) is 14.1 Å². The summed E-state index contributed by atoms with van der Waals surface area (Å²) in [6.45, 7) is 3.49. The number of hydrogen-bond donors (Lipinski definition) is 1. The third kappa shape index (κ3) is 4.19. The number of rotatable bonds is 8. The third-order valence-corrected chi connectivity index (χ3v) is 4.37. The Morgan fingerprint density at radius 3 is 2.75 bits per heavy atom. The predicted octanol–water partition coefficient (Wildman–Crippen LogP) is 2.70. The van der Waals surface area contributed by atoms with Crippen molar-refractivity contribution < 1.29 is 9.50 Å². The number of aliphatic hydroxyl groups excluding tert-OH is 1. The second kappa shape index (κ2) is 7.40. The molecular weight excluding hydrogens is 307 g/mol. The molecule has 6 heteroatoms. The molecule has 1 aromatic carbocycles. The predicted molar refractivity (Wildman–Crippen MR) is 89.9 cm³/mol. The lowest BCUT2D eigenvalue weighted by atomic mass is 10.2. The Morgan fingerprint density at radius 2 is 2.08 bits per heavy atom. The summed E-state index contributed by atoms with van der Waals surface area (Å²) in [4.78, 5) is 6.69.